The summed E-state index contributed by atoms with van der Waals surface area (Å²) in [6.45, 7) is 0. The van der Waals surface area contributed by atoms with Gasteiger partial charge in [-0.3, -0.25) is 15.0 Å². The second-order valence-electron chi connectivity index (χ2n) is 31.6. The number of hydrogen-bond donors (Lipinski definition) is 0. The zero-order valence-electron chi connectivity index (χ0n) is 68.3. The highest BCUT2D eigenvalue weighted by atomic mass is 14.9. The van der Waals surface area contributed by atoms with Gasteiger partial charge in [0.05, 0.1) is 50.7 Å². The molecular formula is C117H75N9. The second-order valence-corrected chi connectivity index (χ2v) is 31.6. The minimum Gasteiger partial charge on any atom is -0.256 e. The average molecular weight is 1610 g/mol. The molecular weight excluding hydrogens is 1530 g/mol. The van der Waals surface area contributed by atoms with Crippen LogP contribution in [0.3, 0.4) is 0 Å². The molecule has 0 fully saturated rings. The second kappa shape index (κ2) is 33.2. The summed E-state index contributed by atoms with van der Waals surface area (Å²) < 4.78 is 0. The molecule has 24 aromatic rings. The first-order chi connectivity index (χ1) is 62.4. The Kier molecular flexibility index (Phi) is 19.8. The molecule has 0 aliphatic heterocycles. The van der Waals surface area contributed by atoms with E-state index in [1.807, 2.05) is 116 Å². The number of pyridine rings is 3. The van der Waals surface area contributed by atoms with Gasteiger partial charge in [-0.05, 0) is 160 Å². The van der Waals surface area contributed by atoms with E-state index in [9.17, 15) is 0 Å². The molecule has 18 aromatic carbocycles. The molecule has 0 N–H and O–H groups in total. The number of para-hydroxylation sites is 3. The van der Waals surface area contributed by atoms with Crippen molar-refractivity contribution in [3.8, 4) is 135 Å². The van der Waals surface area contributed by atoms with Gasteiger partial charge in [0.2, 0.25) is 0 Å². The van der Waals surface area contributed by atoms with Gasteiger partial charge < -0.3 is 0 Å². The summed E-state index contributed by atoms with van der Waals surface area (Å²) in [5.74, 6) is 2.14. The Bertz CT molecular complexity index is 7980. The topological polar surface area (TPSA) is 116 Å². The van der Waals surface area contributed by atoms with E-state index < -0.39 is 0 Å². The number of benzene rings is 18. The molecule has 0 radical (unpaired) electrons. The molecule has 0 saturated heterocycles. The molecule has 24 rings (SSSR count). The Balaban J connectivity index is 0.000000114. The van der Waals surface area contributed by atoms with Crippen LogP contribution >= 0.6 is 0 Å². The monoisotopic (exact) mass is 1610 g/mol. The van der Waals surface area contributed by atoms with Crippen LogP contribution in [-0.4, -0.2) is 44.9 Å². The minimum absolute atomic E-state index is 0.708. The summed E-state index contributed by atoms with van der Waals surface area (Å²) in [5, 5.41) is 17.7. The van der Waals surface area contributed by atoms with Crippen LogP contribution < -0.4 is 0 Å². The molecule has 0 bridgehead atoms. The first kappa shape index (κ1) is 75.2. The third kappa shape index (κ3) is 15.2. The lowest BCUT2D eigenvalue weighted by Crippen LogP contribution is -1.98. The van der Waals surface area contributed by atoms with Crippen molar-refractivity contribution >= 4 is 97.3 Å². The molecule has 0 unspecified atom stereocenters. The molecule has 126 heavy (non-hydrogen) atoms. The standard InChI is InChI=1S/C47H29N3.C39H25N3.C31H21N3/c1-4-14-36-32(11-1)26-42(40-18-8-6-16-38(36)40)46-28-45(31-23-21-30(22-24-31)35-25-34-13-3-10-20-44(34)48-29-35)49-47(50-46)43-27-33-12-2-5-15-37(33)39-17-7-9-19-41(39)43;1-3-9-30-21-33(19-15-26(30)7-1)38-24-37(41-39(42-38)34-20-16-27-8-2-4-10-31(27)22-34)29-17-13-28(14-18-29)35-23-32-11-5-6-12-36(32)40-25-35;1-3-9-23(10-4-1)29-20-30(34-31(33-29)25-11-5-2-6-12-25)24-17-15-22(16-18-24)27-19-26-13-7-8-14-28(26)32-21-27/h1-29H;1-25H;1-21H. The van der Waals surface area contributed by atoms with E-state index in [0.717, 1.165) is 162 Å². The van der Waals surface area contributed by atoms with Crippen LogP contribution in [0.25, 0.3) is 232 Å². The summed E-state index contributed by atoms with van der Waals surface area (Å²) in [7, 11) is 0. The van der Waals surface area contributed by atoms with E-state index in [1.165, 1.54) is 59.2 Å². The highest BCUT2D eigenvalue weighted by molar-refractivity contribution is 6.15. The molecule has 6 heterocycles. The lowest BCUT2D eigenvalue weighted by Gasteiger charge is -2.15. The van der Waals surface area contributed by atoms with Gasteiger partial charge in [-0.15, -0.1) is 0 Å². The maximum absolute atomic E-state index is 5.39. The van der Waals surface area contributed by atoms with Gasteiger partial charge in [0.25, 0.3) is 0 Å². The van der Waals surface area contributed by atoms with E-state index in [1.54, 1.807) is 0 Å². The Morgan fingerprint density at radius 1 is 0.127 bits per heavy atom. The lowest BCUT2D eigenvalue weighted by atomic mass is 9.94. The van der Waals surface area contributed by atoms with Gasteiger partial charge in [-0.1, -0.05) is 358 Å². The molecule has 0 spiro atoms. The van der Waals surface area contributed by atoms with Crippen molar-refractivity contribution in [2.24, 2.45) is 0 Å². The lowest BCUT2D eigenvalue weighted by molar-refractivity contribution is 1.18. The molecule has 9 heteroatoms. The van der Waals surface area contributed by atoms with Gasteiger partial charge in [-0.25, -0.2) is 29.9 Å². The van der Waals surface area contributed by atoms with Gasteiger partial charge in [0.1, 0.15) is 0 Å². The fourth-order valence-electron chi connectivity index (χ4n) is 17.2. The highest BCUT2D eigenvalue weighted by Crippen LogP contribution is 2.42. The third-order valence-corrected chi connectivity index (χ3v) is 23.7. The van der Waals surface area contributed by atoms with Crippen LogP contribution in [-0.2, 0) is 0 Å². The summed E-state index contributed by atoms with van der Waals surface area (Å²) in [6.07, 6.45) is 5.83. The predicted molar refractivity (Wildman–Crippen MR) is 522 cm³/mol. The Morgan fingerprint density at radius 3 is 0.841 bits per heavy atom. The maximum Gasteiger partial charge on any atom is 0.161 e. The molecule has 0 aliphatic carbocycles. The first-order valence-corrected chi connectivity index (χ1v) is 42.3. The smallest absolute Gasteiger partial charge is 0.161 e. The SMILES string of the molecule is c1ccc(-c2cc(-c3ccc(-c4cnc5ccccc5c4)cc3)nc(-c3ccccc3)n2)cc1.c1ccc2cc(-c3cc(-c4ccc(-c5cnc6ccccc6c5)cc4)nc(-c4ccc5ccccc5c4)n3)ccc2c1.c1ccc2ncc(-c3ccc(-c4cc(-c5cc6ccccc6c6ccccc56)nc(-c5cc6ccccc6c6ccccc56)n4)cc3)cc2c1. The number of fused-ring (bicyclic) bond motifs is 11. The van der Waals surface area contributed by atoms with Crippen molar-refractivity contribution in [3.05, 3.63) is 455 Å². The zero-order chi connectivity index (χ0) is 83.6. The number of nitrogens with zero attached hydrogens (tertiary/aromatic N) is 9. The largest absolute Gasteiger partial charge is 0.256 e. The number of rotatable bonds is 12. The van der Waals surface area contributed by atoms with Crippen LogP contribution in [0.2, 0.25) is 0 Å². The molecule has 588 valence electrons. The first-order valence-electron chi connectivity index (χ1n) is 42.3. The Labute approximate surface area is 727 Å². The van der Waals surface area contributed by atoms with Crippen molar-refractivity contribution in [2.45, 2.75) is 0 Å². The van der Waals surface area contributed by atoms with Crippen LogP contribution in [0.4, 0.5) is 0 Å². The summed E-state index contributed by atoms with van der Waals surface area (Å²) in [6, 6.07) is 152. The Hall–Kier alpha value is -17.0. The van der Waals surface area contributed by atoms with E-state index in [-0.39, 0.29) is 0 Å². The minimum atomic E-state index is 0.708. The fourth-order valence-corrected chi connectivity index (χ4v) is 17.2. The van der Waals surface area contributed by atoms with Crippen LogP contribution in [0.1, 0.15) is 0 Å². The van der Waals surface area contributed by atoms with Crippen molar-refractivity contribution in [3.63, 3.8) is 0 Å². The van der Waals surface area contributed by atoms with E-state index >= 15 is 0 Å². The van der Waals surface area contributed by atoms with E-state index in [2.05, 4.69) is 350 Å². The van der Waals surface area contributed by atoms with Gasteiger partial charge in [0, 0.05) is 102 Å². The molecule has 0 amide bonds. The van der Waals surface area contributed by atoms with Gasteiger partial charge >= 0.3 is 0 Å². The normalized spacial score (nSPS) is 11.3. The number of hydrogen-bond acceptors (Lipinski definition) is 9. The summed E-state index contributed by atoms with van der Waals surface area (Å²) in [4.78, 5) is 44.6. The Morgan fingerprint density at radius 2 is 0.397 bits per heavy atom. The van der Waals surface area contributed by atoms with Gasteiger partial charge in [-0.2, -0.15) is 0 Å². The predicted octanol–water partition coefficient (Wildman–Crippen LogP) is 30.0. The van der Waals surface area contributed by atoms with Crippen molar-refractivity contribution in [1.29, 1.82) is 0 Å². The third-order valence-electron chi connectivity index (χ3n) is 23.7. The molecule has 9 nitrogen and oxygen atoms in total. The molecule has 6 aromatic heterocycles. The van der Waals surface area contributed by atoms with Crippen molar-refractivity contribution in [2.75, 3.05) is 0 Å². The molecule has 0 saturated carbocycles. The summed E-state index contributed by atoms with van der Waals surface area (Å²) in [5.41, 5.74) is 24.4. The van der Waals surface area contributed by atoms with Crippen LogP contribution in [0.5, 0.6) is 0 Å². The van der Waals surface area contributed by atoms with E-state index in [4.69, 9.17) is 34.9 Å². The van der Waals surface area contributed by atoms with Crippen LogP contribution in [0, 0.1) is 0 Å². The van der Waals surface area contributed by atoms with Gasteiger partial charge in [0.15, 0.2) is 17.5 Å². The highest BCUT2D eigenvalue weighted by Gasteiger charge is 2.20. The quantitative estimate of drug-likeness (QED) is 0.110. The average Bonchev–Trinajstić information content (AvgIpc) is 0.745. The van der Waals surface area contributed by atoms with Crippen molar-refractivity contribution < 1.29 is 0 Å². The van der Waals surface area contributed by atoms with Crippen molar-refractivity contribution in [1.82, 2.24) is 44.9 Å². The van der Waals surface area contributed by atoms with Crippen LogP contribution in [0.15, 0.2) is 455 Å². The zero-order valence-corrected chi connectivity index (χ0v) is 68.3. The maximum atomic E-state index is 5.39. The fraction of sp³-hybridized carbons (Fsp3) is 0. The molecule has 0 atom stereocenters. The molecule has 0 aliphatic rings. The van der Waals surface area contributed by atoms with E-state index in [0.29, 0.717) is 11.6 Å². The number of aromatic nitrogens is 9. The summed E-state index contributed by atoms with van der Waals surface area (Å²) >= 11 is 0.